The Morgan fingerprint density at radius 3 is 1.45 bits per heavy atom. The molecule has 1 heterocycles. The third-order valence-electron chi connectivity index (χ3n) is 12.7. The fourth-order valence-corrected chi connectivity index (χ4v) is 9.09. The van der Waals surface area contributed by atoms with E-state index in [0.29, 0.717) is 24.5 Å². The Morgan fingerprint density at radius 1 is 0.547 bits per heavy atom. The van der Waals surface area contributed by atoms with Gasteiger partial charge in [0.1, 0.15) is 13.2 Å². The van der Waals surface area contributed by atoms with E-state index in [1.165, 1.54) is 141 Å². The number of rotatable bonds is 50. The summed E-state index contributed by atoms with van der Waals surface area (Å²) in [5.41, 5.74) is 1.50. The van der Waals surface area contributed by atoms with Crippen molar-refractivity contribution < 1.29 is 81.5 Å². The summed E-state index contributed by atoms with van der Waals surface area (Å²) in [5.74, 6) is -0.855. The van der Waals surface area contributed by atoms with Gasteiger partial charge in [-0.05, 0) is 25.3 Å². The van der Waals surface area contributed by atoms with Crippen LogP contribution in [-0.4, -0.2) is 96.4 Å². The van der Waals surface area contributed by atoms with Gasteiger partial charge >= 0.3 is 41.5 Å². The number of amides is 2. The molecule has 1 aromatic heterocycles. The van der Waals surface area contributed by atoms with E-state index >= 15 is 0 Å². The summed E-state index contributed by atoms with van der Waals surface area (Å²) in [4.78, 5) is 62.8. The zero-order valence-corrected chi connectivity index (χ0v) is 49.8. The number of phosphoric ester groups is 1. The molecule has 0 radical (unpaired) electrons. The topological polar surface area (TPSA) is 230 Å². The van der Waals surface area contributed by atoms with Crippen LogP contribution >= 0.6 is 7.82 Å². The van der Waals surface area contributed by atoms with Crippen LogP contribution in [0.3, 0.4) is 0 Å². The van der Waals surface area contributed by atoms with Crippen molar-refractivity contribution in [1.82, 2.24) is 31.0 Å². The van der Waals surface area contributed by atoms with Crippen molar-refractivity contribution in [1.29, 1.82) is 0 Å². The molecule has 2 rings (SSSR count). The monoisotopic (exact) mass is 1080 g/mol. The number of ether oxygens (including phenoxy) is 3. The van der Waals surface area contributed by atoms with Crippen molar-refractivity contribution in [3.63, 3.8) is 0 Å². The average Bonchev–Trinajstić information content (AvgIpc) is 3.38. The summed E-state index contributed by atoms with van der Waals surface area (Å²) in [5, 5.41) is 21.1. The Hall–Kier alpha value is -2.89. The van der Waals surface area contributed by atoms with Gasteiger partial charge in [-0.1, -0.05) is 218 Å². The van der Waals surface area contributed by atoms with Crippen LogP contribution in [0.25, 0.3) is 11.4 Å². The molecule has 19 heteroatoms. The average molecular weight is 1080 g/mol. The molecule has 17 nitrogen and oxygen atoms in total. The molecular formula is C56H96N6NaO11P. The van der Waals surface area contributed by atoms with Crippen LogP contribution in [0.4, 0.5) is 0 Å². The van der Waals surface area contributed by atoms with Crippen LogP contribution in [0.1, 0.15) is 231 Å². The van der Waals surface area contributed by atoms with Crippen LogP contribution in [-0.2, 0) is 53.4 Å². The number of nitrogens with one attached hydrogen (secondary N) is 2. The van der Waals surface area contributed by atoms with Gasteiger partial charge in [0.05, 0.1) is 26.2 Å². The quantitative estimate of drug-likeness (QED) is 0.0274. The largest absolute Gasteiger partial charge is 1.00 e. The van der Waals surface area contributed by atoms with E-state index in [4.69, 9.17) is 23.3 Å². The van der Waals surface area contributed by atoms with Crippen LogP contribution in [0.15, 0.2) is 24.3 Å². The van der Waals surface area contributed by atoms with Crippen molar-refractivity contribution >= 4 is 31.6 Å². The molecule has 2 aromatic rings. The molecule has 0 saturated carbocycles. The van der Waals surface area contributed by atoms with E-state index < -0.39 is 45.0 Å². The molecule has 422 valence electrons. The number of benzene rings is 1. The van der Waals surface area contributed by atoms with Gasteiger partial charge < -0.3 is 38.8 Å². The number of unbranched alkanes of at least 4 members (excludes halogenated alkanes) is 28. The van der Waals surface area contributed by atoms with Crippen LogP contribution < -0.4 is 45.1 Å². The van der Waals surface area contributed by atoms with Gasteiger partial charge in [0.15, 0.2) is 11.9 Å². The second kappa shape index (κ2) is 48.3. The number of aryl methyl sites for hydroxylation is 1. The number of nitrogens with zero attached hydrogens (tertiary/aromatic N) is 4. The Balaban J connectivity index is 0.0000281. The van der Waals surface area contributed by atoms with Gasteiger partial charge in [-0.25, -0.2) is 0 Å². The molecule has 0 aliphatic rings. The molecule has 2 N–H and O–H groups in total. The normalized spacial score (nSPS) is 12.4. The Bertz CT molecular complexity index is 1780. The van der Waals surface area contributed by atoms with Crippen molar-refractivity contribution in [3.05, 3.63) is 35.7 Å². The van der Waals surface area contributed by atoms with Crippen molar-refractivity contribution in [2.75, 3.05) is 46.1 Å². The van der Waals surface area contributed by atoms with E-state index in [-0.39, 0.29) is 87.6 Å². The summed E-state index contributed by atoms with van der Waals surface area (Å²) < 4.78 is 39.0. The summed E-state index contributed by atoms with van der Waals surface area (Å²) in [6, 6.07) is 7.15. The molecule has 0 bridgehead atoms. The molecule has 1 aromatic carbocycles. The Labute approximate surface area is 473 Å². The van der Waals surface area contributed by atoms with Gasteiger partial charge in [-0.3, -0.25) is 23.7 Å². The number of aromatic nitrogens is 4. The minimum atomic E-state index is -4.90. The molecule has 0 aliphatic heterocycles. The molecule has 75 heavy (non-hydrogen) atoms. The standard InChI is InChI=1S/C56H97N6O11P.Na/c1-4-6-8-10-12-14-16-18-20-22-24-26-28-30-32-34-54(65)70-45-51(73-55(66)35-33-31-29-27-25-23-21-19-17-15-13-11-9-7-5-2)46-72-74(67,68)71-43-41-58-53(64)47-69-42-40-57-52(63)44-49-36-38-50(39-37-49)56-61-59-48(3)60-62-56;/h36-39,51H,4-35,40-47H2,1-3H3,(H,57,63)(H,58,64)(H,67,68);/q;+1/p-1/t51-;/m1./s1. The summed E-state index contributed by atoms with van der Waals surface area (Å²) in [6.45, 7) is 4.59. The molecule has 2 atom stereocenters. The molecule has 2 amide bonds. The minimum Gasteiger partial charge on any atom is -0.756 e. The van der Waals surface area contributed by atoms with Gasteiger partial charge in [0.2, 0.25) is 17.6 Å². The second-order valence-corrected chi connectivity index (χ2v) is 21.1. The smallest absolute Gasteiger partial charge is 0.756 e. The number of carbonyl (C=O) groups excluding carboxylic acids is 4. The van der Waals surface area contributed by atoms with Crippen molar-refractivity contribution in [3.8, 4) is 11.4 Å². The molecule has 0 aliphatic carbocycles. The third kappa shape index (κ3) is 41.8. The van der Waals surface area contributed by atoms with Crippen LogP contribution in [0, 0.1) is 6.92 Å². The maximum absolute atomic E-state index is 12.9. The fraction of sp³-hybridized carbons (Fsp3) is 0.786. The third-order valence-corrected chi connectivity index (χ3v) is 13.7. The van der Waals surface area contributed by atoms with E-state index in [2.05, 4.69) is 44.9 Å². The van der Waals surface area contributed by atoms with Gasteiger partial charge in [-0.2, -0.15) is 0 Å². The first-order valence-corrected chi connectivity index (χ1v) is 30.2. The zero-order chi connectivity index (χ0) is 53.6. The van der Waals surface area contributed by atoms with Crippen LogP contribution in [0.5, 0.6) is 0 Å². The number of phosphoric acid groups is 1. The molecule has 0 fully saturated rings. The van der Waals surface area contributed by atoms with E-state index in [1.807, 2.05) is 0 Å². The number of hydrogen-bond donors (Lipinski definition) is 2. The van der Waals surface area contributed by atoms with Gasteiger partial charge in [0, 0.05) is 31.5 Å². The number of hydrogen-bond acceptors (Lipinski definition) is 15. The maximum atomic E-state index is 12.9. The molecular weight excluding hydrogens is 987 g/mol. The van der Waals surface area contributed by atoms with Gasteiger partial charge in [-0.15, -0.1) is 20.4 Å². The first-order valence-electron chi connectivity index (χ1n) is 28.7. The first-order chi connectivity index (χ1) is 36.0. The van der Waals surface area contributed by atoms with Crippen molar-refractivity contribution in [2.45, 2.75) is 239 Å². The Morgan fingerprint density at radius 2 is 0.973 bits per heavy atom. The summed E-state index contributed by atoms with van der Waals surface area (Å²) in [7, 11) is -4.90. The Kier molecular flexibility index (Phi) is 45.1. The molecule has 1 unspecified atom stereocenters. The van der Waals surface area contributed by atoms with Crippen molar-refractivity contribution in [2.24, 2.45) is 0 Å². The predicted molar refractivity (Wildman–Crippen MR) is 288 cm³/mol. The zero-order valence-electron chi connectivity index (χ0n) is 46.9. The number of esters is 2. The summed E-state index contributed by atoms with van der Waals surface area (Å²) >= 11 is 0. The van der Waals surface area contributed by atoms with E-state index in [9.17, 15) is 28.6 Å². The number of carbonyl (C=O) groups is 4. The molecule has 0 spiro atoms. The summed E-state index contributed by atoms with van der Waals surface area (Å²) in [6.07, 6.45) is 35.7. The van der Waals surface area contributed by atoms with E-state index in [1.54, 1.807) is 31.2 Å². The van der Waals surface area contributed by atoms with E-state index in [0.717, 1.165) is 49.7 Å². The van der Waals surface area contributed by atoms with Gasteiger partial charge in [0.25, 0.3) is 7.82 Å². The maximum Gasteiger partial charge on any atom is 1.00 e. The first kappa shape index (κ1) is 70.1. The second-order valence-electron chi connectivity index (χ2n) is 19.7. The minimum absolute atomic E-state index is 0. The van der Waals surface area contributed by atoms with Crippen LogP contribution in [0.2, 0.25) is 0 Å². The SMILES string of the molecule is CCCCCCCCCCCCCCCCCC(=O)OC[C@H](COP(=O)([O-])OCCNC(=O)COCCNC(=O)Cc1ccc(-c2nnc(C)nn2)cc1)OC(=O)CCCCCCCCCCCCCCCCC.[Na+]. The fourth-order valence-electron chi connectivity index (χ4n) is 8.35. The molecule has 0 saturated heterocycles. The predicted octanol–water partition coefficient (Wildman–Crippen LogP) is 8.52.